The number of hydrogen-bond acceptors (Lipinski definition) is 2. The largest absolute Gasteiger partial charge is 0.308 e. The van der Waals surface area contributed by atoms with Crippen molar-refractivity contribution in [3.8, 4) is 89.0 Å². The third-order valence-corrected chi connectivity index (χ3v) is 25.3. The highest BCUT2D eigenvalue weighted by Gasteiger charge is 2.41. The molecule has 0 amide bonds. The van der Waals surface area contributed by atoms with Crippen molar-refractivity contribution in [1.29, 1.82) is 0 Å². The predicted octanol–water partition coefficient (Wildman–Crippen LogP) is 28.7. The average Bonchev–Trinajstić information content (AvgIpc) is 1.71. The predicted molar refractivity (Wildman–Crippen MR) is 451 cm³/mol. The molecular formula is C104H88N2. The number of benzene rings is 15. The number of aryl methyl sites for hydroxylation is 6. The summed E-state index contributed by atoms with van der Waals surface area (Å²) in [5.41, 5.74) is 45.6. The van der Waals surface area contributed by atoms with Gasteiger partial charge in [-0.3, -0.25) is 0 Å². The van der Waals surface area contributed by atoms with Crippen molar-refractivity contribution in [2.24, 2.45) is 0 Å². The summed E-state index contributed by atoms with van der Waals surface area (Å²) >= 11 is 0. The average molecular weight is 1370 g/mol. The first-order chi connectivity index (χ1) is 51.1. The van der Waals surface area contributed by atoms with Gasteiger partial charge in [0.05, 0.1) is 22.7 Å². The highest BCUT2D eigenvalue weighted by atomic mass is 15.2. The van der Waals surface area contributed by atoms with Crippen molar-refractivity contribution in [3.05, 3.63) is 357 Å². The number of rotatable bonds is 10. The van der Waals surface area contributed by atoms with Crippen molar-refractivity contribution in [2.75, 3.05) is 9.80 Å². The van der Waals surface area contributed by atoms with Crippen molar-refractivity contribution in [2.45, 2.75) is 119 Å². The van der Waals surface area contributed by atoms with E-state index in [-0.39, 0.29) is 21.7 Å². The standard InChI is InChI=1S/C104H88N2/c1-61-27-15-25-37-95(61)105(97-63(3)51-73(52-64(97)4)71-43-49-81-79-47-41-69(57-91(79)103(11,12)93(81)59-71)67-39-45-77-75-29-21-23-35-87(75)101(7,8)89(77)55-67)99-83-31-17-19-33-85(83)100(86-34-20-18-32-84(86)99)106(96-38-26-16-28-62(96)2)98-65(5)53-74(54-66(98)6)72-44-50-82-80-48-42-70(58-92(80)104(13,14)94(82)60-72)68-40-46-78-76-30-22-24-36-88(76)102(9,10)90(78)56-68/h15-60H,1-14H3. The molecule has 4 aliphatic rings. The van der Waals surface area contributed by atoms with Crippen LogP contribution in [0.1, 0.15) is 133 Å². The molecule has 0 radical (unpaired) electrons. The summed E-state index contributed by atoms with van der Waals surface area (Å²) in [6.45, 7) is 33.0. The summed E-state index contributed by atoms with van der Waals surface area (Å²) in [6, 6.07) is 107. The molecule has 514 valence electrons. The van der Waals surface area contributed by atoms with E-state index in [1.54, 1.807) is 0 Å². The second kappa shape index (κ2) is 23.5. The van der Waals surface area contributed by atoms with Gasteiger partial charge in [-0.25, -0.2) is 0 Å². The molecule has 0 aromatic heterocycles. The first-order valence-corrected chi connectivity index (χ1v) is 38.0. The zero-order valence-electron chi connectivity index (χ0n) is 63.5. The molecule has 0 aliphatic heterocycles. The maximum absolute atomic E-state index is 2.60. The zero-order valence-corrected chi connectivity index (χ0v) is 63.5. The molecule has 15 aromatic rings. The molecule has 0 unspecified atom stereocenters. The van der Waals surface area contributed by atoms with E-state index in [9.17, 15) is 0 Å². The van der Waals surface area contributed by atoms with Crippen LogP contribution in [0.15, 0.2) is 279 Å². The van der Waals surface area contributed by atoms with Crippen LogP contribution < -0.4 is 9.80 Å². The van der Waals surface area contributed by atoms with Crippen molar-refractivity contribution in [3.63, 3.8) is 0 Å². The van der Waals surface area contributed by atoms with E-state index < -0.39 is 0 Å². The number of nitrogens with zero attached hydrogens (tertiary/aromatic N) is 2. The third-order valence-electron chi connectivity index (χ3n) is 25.3. The second-order valence-corrected chi connectivity index (χ2v) is 33.1. The highest BCUT2D eigenvalue weighted by molar-refractivity contribution is 6.24. The van der Waals surface area contributed by atoms with Crippen molar-refractivity contribution < 1.29 is 0 Å². The Morgan fingerprint density at radius 3 is 0.670 bits per heavy atom. The first kappa shape index (κ1) is 65.2. The summed E-state index contributed by atoms with van der Waals surface area (Å²) in [5.74, 6) is 0. The van der Waals surface area contributed by atoms with Gasteiger partial charge in [-0.1, -0.05) is 262 Å². The lowest BCUT2D eigenvalue weighted by Gasteiger charge is -2.36. The van der Waals surface area contributed by atoms with E-state index in [2.05, 4.69) is 386 Å². The Morgan fingerprint density at radius 1 is 0.179 bits per heavy atom. The third kappa shape index (κ3) is 9.55. The van der Waals surface area contributed by atoms with Crippen LogP contribution in [0.2, 0.25) is 0 Å². The van der Waals surface area contributed by atoms with Gasteiger partial charge in [0, 0.05) is 54.6 Å². The van der Waals surface area contributed by atoms with Crippen LogP contribution in [0, 0.1) is 41.5 Å². The van der Waals surface area contributed by atoms with Gasteiger partial charge < -0.3 is 9.80 Å². The Labute approximate surface area is 626 Å². The van der Waals surface area contributed by atoms with Gasteiger partial charge in [-0.2, -0.15) is 0 Å². The van der Waals surface area contributed by atoms with Crippen molar-refractivity contribution >= 4 is 55.7 Å². The maximum atomic E-state index is 2.60. The second-order valence-electron chi connectivity index (χ2n) is 33.1. The SMILES string of the molecule is Cc1ccccc1N(c1c(C)cc(-c2ccc3c(c2)C(C)(C)c2cc(-c4ccc5c(c4)C(C)(C)c4ccccc4-5)ccc2-3)cc1C)c1c2ccccc2c(N(c2ccccc2C)c2c(C)cc(-c3ccc4c(c3)C(C)(C)c3cc(-c5ccc6c(c5)C(C)(C)c5ccccc5-6)ccc3-4)cc2C)c2ccccc12. The fraction of sp³-hybridized carbons (Fsp3) is 0.173. The molecule has 106 heavy (non-hydrogen) atoms. The number of para-hydroxylation sites is 2. The Morgan fingerprint density at radius 2 is 0.396 bits per heavy atom. The number of fused-ring (bicyclic) bond motifs is 14. The molecular weight excluding hydrogens is 1280 g/mol. The van der Waals surface area contributed by atoms with Crippen LogP contribution in [0.3, 0.4) is 0 Å². The lowest BCUT2D eigenvalue weighted by atomic mass is 9.80. The Kier molecular flexibility index (Phi) is 14.4. The summed E-state index contributed by atoms with van der Waals surface area (Å²) in [4.78, 5) is 5.21. The van der Waals surface area contributed by atoms with Gasteiger partial charge in [0.15, 0.2) is 0 Å². The van der Waals surface area contributed by atoms with E-state index in [1.165, 1.54) is 211 Å². The van der Waals surface area contributed by atoms with Gasteiger partial charge in [0.25, 0.3) is 0 Å². The van der Waals surface area contributed by atoms with Gasteiger partial charge >= 0.3 is 0 Å². The molecule has 4 aliphatic carbocycles. The zero-order chi connectivity index (χ0) is 72.8. The molecule has 0 heterocycles. The molecule has 0 spiro atoms. The van der Waals surface area contributed by atoms with Crippen LogP contribution in [0.4, 0.5) is 34.1 Å². The van der Waals surface area contributed by atoms with Gasteiger partial charge in [0.1, 0.15) is 0 Å². The van der Waals surface area contributed by atoms with Crippen LogP contribution in [-0.2, 0) is 21.7 Å². The van der Waals surface area contributed by atoms with Gasteiger partial charge in [-0.15, -0.1) is 0 Å². The molecule has 0 bridgehead atoms. The molecule has 0 fully saturated rings. The lowest BCUT2D eigenvalue weighted by molar-refractivity contribution is 0.659. The molecule has 0 N–H and O–H groups in total. The topological polar surface area (TPSA) is 6.48 Å². The van der Waals surface area contributed by atoms with Crippen LogP contribution in [-0.4, -0.2) is 0 Å². The smallest absolute Gasteiger partial charge is 0.0620 e. The normalized spacial score (nSPS) is 14.6. The van der Waals surface area contributed by atoms with Crippen molar-refractivity contribution in [1.82, 2.24) is 0 Å². The summed E-state index contributed by atoms with van der Waals surface area (Å²) in [7, 11) is 0. The molecule has 2 nitrogen and oxygen atoms in total. The summed E-state index contributed by atoms with van der Waals surface area (Å²) in [6.07, 6.45) is 0. The summed E-state index contributed by atoms with van der Waals surface area (Å²) < 4.78 is 0. The summed E-state index contributed by atoms with van der Waals surface area (Å²) in [5, 5.41) is 4.72. The van der Waals surface area contributed by atoms with E-state index in [1.807, 2.05) is 0 Å². The Bertz CT molecular complexity index is 5810. The monoisotopic (exact) mass is 1360 g/mol. The molecule has 15 aromatic carbocycles. The van der Waals surface area contributed by atoms with Crippen LogP contribution in [0.25, 0.3) is 111 Å². The number of hydrogen-bond donors (Lipinski definition) is 0. The molecule has 0 atom stereocenters. The fourth-order valence-corrected chi connectivity index (χ4v) is 19.8. The van der Waals surface area contributed by atoms with Crippen LogP contribution in [0.5, 0.6) is 0 Å². The minimum atomic E-state index is -0.212. The first-order valence-electron chi connectivity index (χ1n) is 38.0. The van der Waals surface area contributed by atoms with E-state index >= 15 is 0 Å². The quantitative estimate of drug-likeness (QED) is 0.0995. The number of anilines is 6. The van der Waals surface area contributed by atoms with E-state index in [0.29, 0.717) is 0 Å². The maximum Gasteiger partial charge on any atom is 0.0620 e. The van der Waals surface area contributed by atoms with E-state index in [4.69, 9.17) is 0 Å². The van der Waals surface area contributed by atoms with Gasteiger partial charge in [0.2, 0.25) is 0 Å². The minimum absolute atomic E-state index is 0.0592. The highest BCUT2D eigenvalue weighted by Crippen LogP contribution is 2.59. The molecule has 19 rings (SSSR count). The Balaban J connectivity index is 0.689. The molecule has 0 saturated heterocycles. The molecule has 0 saturated carbocycles. The molecule has 2 heteroatoms. The fourth-order valence-electron chi connectivity index (χ4n) is 19.8. The minimum Gasteiger partial charge on any atom is -0.308 e. The lowest BCUT2D eigenvalue weighted by Crippen LogP contribution is -2.18. The van der Waals surface area contributed by atoms with Crippen LogP contribution >= 0.6 is 0 Å². The Hall–Kier alpha value is -11.6. The van der Waals surface area contributed by atoms with E-state index in [0.717, 1.165) is 11.4 Å². The van der Waals surface area contributed by atoms with Gasteiger partial charge in [-0.05, 0) is 281 Å².